The van der Waals surface area contributed by atoms with E-state index in [-0.39, 0.29) is 12.1 Å². The Morgan fingerprint density at radius 1 is 0.920 bits per heavy atom. The Balaban J connectivity index is 1.66. The highest BCUT2D eigenvalue weighted by atomic mass is 16.5. The number of methoxy groups -OCH3 is 2. The molecule has 0 saturated carbocycles. The van der Waals surface area contributed by atoms with Gasteiger partial charge in [0.25, 0.3) is 0 Å². The second-order valence-electron chi connectivity index (χ2n) is 6.86. The summed E-state index contributed by atoms with van der Waals surface area (Å²) in [4.78, 5) is 12.1. The van der Waals surface area contributed by atoms with Crippen LogP contribution in [-0.2, 0) is 10.2 Å². The van der Waals surface area contributed by atoms with Gasteiger partial charge >= 0.3 is 0 Å². The number of carbonyl (C=O) groups is 1. The number of benzene rings is 2. The number of amides is 1. The summed E-state index contributed by atoms with van der Waals surface area (Å²) in [6, 6.07) is 9.89. The standard InChI is InChI=1S/C19H21N3O3/c1-19(2)11-8-13-14(9-12(11)22-18(19)23)21-17(20-13)10-5-6-15(24-3)16(7-10)25-4/h5-9,17,20-21H,1-4H3,(H,22,23). The van der Waals surface area contributed by atoms with E-state index >= 15 is 0 Å². The summed E-state index contributed by atoms with van der Waals surface area (Å²) in [5.74, 6) is 1.42. The Morgan fingerprint density at radius 3 is 2.28 bits per heavy atom. The molecule has 0 spiro atoms. The van der Waals surface area contributed by atoms with Crippen LogP contribution in [0.4, 0.5) is 17.1 Å². The molecule has 3 N–H and O–H groups in total. The SMILES string of the molecule is COc1ccc(C2Nc3cc4c(cc3N2)C(C)(C)C(=O)N4)cc1OC. The number of nitrogens with one attached hydrogen (secondary N) is 3. The molecule has 6 nitrogen and oxygen atoms in total. The summed E-state index contributed by atoms with van der Waals surface area (Å²) in [7, 11) is 3.25. The topological polar surface area (TPSA) is 71.6 Å². The second-order valence-corrected chi connectivity index (χ2v) is 6.86. The van der Waals surface area contributed by atoms with Gasteiger partial charge in [-0.15, -0.1) is 0 Å². The maximum Gasteiger partial charge on any atom is 0.234 e. The number of fused-ring (bicyclic) bond motifs is 2. The first-order valence-corrected chi connectivity index (χ1v) is 8.19. The quantitative estimate of drug-likeness (QED) is 0.799. The van der Waals surface area contributed by atoms with Crippen LogP contribution in [0.1, 0.15) is 31.1 Å². The van der Waals surface area contributed by atoms with Crippen molar-refractivity contribution in [1.29, 1.82) is 0 Å². The zero-order chi connectivity index (χ0) is 17.8. The van der Waals surface area contributed by atoms with Crippen LogP contribution in [0.5, 0.6) is 11.5 Å². The lowest BCUT2D eigenvalue weighted by Gasteiger charge is -2.16. The van der Waals surface area contributed by atoms with Crippen molar-refractivity contribution in [1.82, 2.24) is 0 Å². The fraction of sp³-hybridized carbons (Fsp3) is 0.316. The zero-order valence-corrected chi connectivity index (χ0v) is 14.7. The normalized spacial score (nSPS) is 19.4. The van der Waals surface area contributed by atoms with Crippen LogP contribution in [0.3, 0.4) is 0 Å². The van der Waals surface area contributed by atoms with Crippen LogP contribution in [0.25, 0.3) is 0 Å². The Morgan fingerprint density at radius 2 is 1.60 bits per heavy atom. The number of carbonyl (C=O) groups excluding carboxylic acids is 1. The minimum Gasteiger partial charge on any atom is -0.493 e. The van der Waals surface area contributed by atoms with Crippen molar-refractivity contribution in [3.63, 3.8) is 0 Å². The molecule has 0 aliphatic carbocycles. The van der Waals surface area contributed by atoms with Gasteiger partial charge in [0.15, 0.2) is 11.5 Å². The van der Waals surface area contributed by atoms with E-state index < -0.39 is 5.41 Å². The first kappa shape index (κ1) is 15.6. The molecule has 130 valence electrons. The minimum atomic E-state index is -0.520. The van der Waals surface area contributed by atoms with Gasteiger partial charge in [-0.25, -0.2) is 0 Å². The third-order valence-electron chi connectivity index (χ3n) is 4.99. The average molecular weight is 339 g/mol. The van der Waals surface area contributed by atoms with Crippen molar-refractivity contribution in [2.45, 2.75) is 25.4 Å². The smallest absolute Gasteiger partial charge is 0.234 e. The van der Waals surface area contributed by atoms with Gasteiger partial charge < -0.3 is 25.4 Å². The van der Waals surface area contributed by atoms with Crippen molar-refractivity contribution in [3.8, 4) is 11.5 Å². The van der Waals surface area contributed by atoms with Crippen LogP contribution in [0.15, 0.2) is 30.3 Å². The second kappa shape index (κ2) is 5.31. The lowest BCUT2D eigenvalue weighted by atomic mass is 9.86. The third kappa shape index (κ3) is 2.28. The molecule has 2 aliphatic rings. The highest BCUT2D eigenvalue weighted by Crippen LogP contribution is 2.46. The Bertz CT molecular complexity index is 876. The fourth-order valence-electron chi connectivity index (χ4n) is 3.41. The van der Waals surface area contributed by atoms with Crippen LogP contribution >= 0.6 is 0 Å². The van der Waals surface area contributed by atoms with E-state index in [1.165, 1.54) is 0 Å². The first-order valence-electron chi connectivity index (χ1n) is 8.19. The summed E-state index contributed by atoms with van der Waals surface area (Å²) in [6.45, 7) is 3.88. The molecule has 0 aromatic heterocycles. The van der Waals surface area contributed by atoms with E-state index in [1.807, 2.05) is 38.1 Å². The summed E-state index contributed by atoms with van der Waals surface area (Å²) < 4.78 is 10.7. The first-order chi connectivity index (χ1) is 11.9. The summed E-state index contributed by atoms with van der Waals surface area (Å²) in [5, 5.41) is 9.89. The molecular weight excluding hydrogens is 318 g/mol. The molecule has 4 rings (SSSR count). The molecule has 1 unspecified atom stereocenters. The van der Waals surface area contributed by atoms with E-state index in [0.717, 1.165) is 28.2 Å². The molecule has 2 aliphatic heterocycles. The van der Waals surface area contributed by atoms with Gasteiger partial charge in [-0.1, -0.05) is 6.07 Å². The largest absolute Gasteiger partial charge is 0.493 e. The molecule has 0 fully saturated rings. The molecule has 2 aromatic carbocycles. The molecule has 0 saturated heterocycles. The molecule has 2 heterocycles. The molecule has 25 heavy (non-hydrogen) atoms. The molecule has 0 radical (unpaired) electrons. The van der Waals surface area contributed by atoms with Gasteiger partial charge in [0.2, 0.25) is 5.91 Å². The van der Waals surface area contributed by atoms with Crippen LogP contribution in [0, 0.1) is 0 Å². The number of anilines is 3. The van der Waals surface area contributed by atoms with Gasteiger partial charge in [-0.2, -0.15) is 0 Å². The van der Waals surface area contributed by atoms with E-state index in [9.17, 15) is 4.79 Å². The van der Waals surface area contributed by atoms with Gasteiger partial charge in [0, 0.05) is 5.69 Å². The monoisotopic (exact) mass is 339 g/mol. The van der Waals surface area contributed by atoms with E-state index in [0.29, 0.717) is 11.5 Å². The average Bonchev–Trinajstić information content (AvgIpc) is 3.11. The van der Waals surface area contributed by atoms with E-state index in [4.69, 9.17) is 9.47 Å². The van der Waals surface area contributed by atoms with Gasteiger partial charge in [0.1, 0.15) is 6.17 Å². The highest BCUT2D eigenvalue weighted by Gasteiger charge is 2.40. The van der Waals surface area contributed by atoms with Crippen LogP contribution < -0.4 is 25.4 Å². The van der Waals surface area contributed by atoms with Crippen LogP contribution in [0.2, 0.25) is 0 Å². The molecule has 2 aromatic rings. The fourth-order valence-corrected chi connectivity index (χ4v) is 3.41. The number of rotatable bonds is 3. The van der Waals surface area contributed by atoms with Crippen molar-refractivity contribution in [2.75, 3.05) is 30.2 Å². The lowest BCUT2D eigenvalue weighted by Crippen LogP contribution is -2.26. The summed E-state index contributed by atoms with van der Waals surface area (Å²) in [5.41, 5.74) is 4.36. The number of hydrogen-bond acceptors (Lipinski definition) is 5. The Labute approximate surface area is 146 Å². The summed E-state index contributed by atoms with van der Waals surface area (Å²) in [6.07, 6.45) is -0.0730. The maximum atomic E-state index is 12.1. The number of hydrogen-bond donors (Lipinski definition) is 3. The van der Waals surface area contributed by atoms with Crippen molar-refractivity contribution in [3.05, 3.63) is 41.5 Å². The van der Waals surface area contributed by atoms with Gasteiger partial charge in [-0.05, 0) is 49.2 Å². The van der Waals surface area contributed by atoms with E-state index in [1.54, 1.807) is 14.2 Å². The molecule has 1 amide bonds. The van der Waals surface area contributed by atoms with Gasteiger partial charge in [0.05, 0.1) is 31.0 Å². The van der Waals surface area contributed by atoms with Crippen molar-refractivity contribution < 1.29 is 14.3 Å². The molecular formula is C19H21N3O3. The van der Waals surface area contributed by atoms with Gasteiger partial charge in [-0.3, -0.25) is 4.79 Å². The summed E-state index contributed by atoms with van der Waals surface area (Å²) >= 11 is 0. The maximum absolute atomic E-state index is 12.1. The Hall–Kier alpha value is -2.89. The van der Waals surface area contributed by atoms with Crippen molar-refractivity contribution in [2.24, 2.45) is 0 Å². The van der Waals surface area contributed by atoms with Crippen molar-refractivity contribution >= 4 is 23.0 Å². The predicted molar refractivity (Wildman–Crippen MR) is 97.6 cm³/mol. The molecule has 0 bridgehead atoms. The van der Waals surface area contributed by atoms with E-state index in [2.05, 4.69) is 22.0 Å². The Kier molecular flexibility index (Phi) is 3.32. The molecule has 1 atom stereocenters. The molecule has 6 heteroatoms. The zero-order valence-electron chi connectivity index (χ0n) is 14.7. The van der Waals surface area contributed by atoms with Crippen LogP contribution in [-0.4, -0.2) is 20.1 Å². The predicted octanol–water partition coefficient (Wildman–Crippen LogP) is 3.47. The highest BCUT2D eigenvalue weighted by molar-refractivity contribution is 6.07. The number of ether oxygens (including phenoxy) is 2. The lowest BCUT2D eigenvalue weighted by molar-refractivity contribution is -0.119. The minimum absolute atomic E-state index is 0.0302. The third-order valence-corrected chi connectivity index (χ3v) is 4.99.